The number of carbonyl (C=O) groups excluding carboxylic acids is 1. The van der Waals surface area contributed by atoms with E-state index in [1.54, 1.807) is 0 Å². The summed E-state index contributed by atoms with van der Waals surface area (Å²) in [4.78, 5) is 9.67. The maximum Gasteiger partial charge on any atom is 0.275 e. The predicted octanol–water partition coefficient (Wildman–Crippen LogP) is -0.835. The fourth-order valence-electron chi connectivity index (χ4n) is 0.255. The normalized spacial score (nSPS) is 10.3. The van der Waals surface area contributed by atoms with Gasteiger partial charge in [-0.05, 0) is 0 Å². The van der Waals surface area contributed by atoms with E-state index in [9.17, 15) is 13.2 Å². The molecule has 56 valence electrons. The van der Waals surface area contributed by atoms with Gasteiger partial charge in [-0.2, -0.15) is 8.42 Å². The van der Waals surface area contributed by atoms with E-state index < -0.39 is 15.9 Å². The summed E-state index contributed by atoms with van der Waals surface area (Å²) >= 11 is 0. The molecule has 0 aliphatic heterocycles. The Kier molecular flexibility index (Phi) is 3.69. The zero-order chi connectivity index (χ0) is 8.04. The Hall–Kier alpha value is -0.860. The molecule has 0 aromatic rings. The van der Waals surface area contributed by atoms with Gasteiger partial charge in [-0.25, -0.2) is 0 Å². The molecule has 4 nitrogen and oxygen atoms in total. The fraction of sp³-hybridized carbons (Fsp3) is 0.400. The molecule has 0 saturated heterocycles. The molecule has 0 aliphatic rings. The van der Waals surface area contributed by atoms with E-state index >= 15 is 0 Å². The molecule has 0 saturated carbocycles. The number of terminal acetylenes is 1. The minimum Gasteiger partial charge on any atom is -0.302 e. The van der Waals surface area contributed by atoms with Crippen LogP contribution in [0.1, 0.15) is 0 Å². The first-order valence-corrected chi connectivity index (χ1v) is 3.94. The largest absolute Gasteiger partial charge is 0.302 e. The zero-order valence-electron chi connectivity index (χ0n) is 5.11. The Labute approximate surface area is 59.3 Å². The average molecular weight is 162 g/mol. The van der Waals surface area contributed by atoms with Gasteiger partial charge >= 0.3 is 0 Å². The second kappa shape index (κ2) is 4.04. The lowest BCUT2D eigenvalue weighted by Gasteiger charge is -1.94. The van der Waals surface area contributed by atoms with Gasteiger partial charge in [0.05, 0.1) is 0 Å². The molecule has 0 radical (unpaired) electrons. The molecule has 10 heavy (non-hydrogen) atoms. The molecule has 0 unspecified atom stereocenters. The van der Waals surface area contributed by atoms with Gasteiger partial charge in [0.1, 0.15) is 18.6 Å². The van der Waals surface area contributed by atoms with Crippen LogP contribution in [0.25, 0.3) is 0 Å². The van der Waals surface area contributed by atoms with Crippen molar-refractivity contribution >= 4 is 16.4 Å². The highest BCUT2D eigenvalue weighted by Crippen LogP contribution is 1.88. The quantitative estimate of drug-likeness (QED) is 0.307. The first-order chi connectivity index (χ1) is 4.62. The van der Waals surface area contributed by atoms with Crippen molar-refractivity contribution in [3.63, 3.8) is 0 Å². The lowest BCUT2D eigenvalue weighted by molar-refractivity contribution is -0.105. The molecule has 0 bridgehead atoms. The van der Waals surface area contributed by atoms with E-state index in [0.717, 1.165) is 0 Å². The highest BCUT2D eigenvalue weighted by molar-refractivity contribution is 7.87. The summed E-state index contributed by atoms with van der Waals surface area (Å²) in [5.41, 5.74) is 0. The van der Waals surface area contributed by atoms with E-state index in [0.29, 0.717) is 0 Å². The molecule has 0 heterocycles. The van der Waals surface area contributed by atoms with Gasteiger partial charge in [0.25, 0.3) is 10.1 Å². The predicted molar refractivity (Wildman–Crippen MR) is 34.6 cm³/mol. The van der Waals surface area contributed by atoms with E-state index in [1.165, 1.54) is 0 Å². The second-order valence-electron chi connectivity index (χ2n) is 1.36. The second-order valence-corrected chi connectivity index (χ2v) is 3.04. The van der Waals surface area contributed by atoms with Crippen molar-refractivity contribution in [2.24, 2.45) is 0 Å². The molecule has 0 amide bonds. The zero-order valence-corrected chi connectivity index (χ0v) is 5.93. The standard InChI is InChI=1S/C5H6O4S/c1-2-4-9-10(7,8)5-3-6/h1,3H,4-5H2. The van der Waals surface area contributed by atoms with Crippen molar-refractivity contribution in [3.05, 3.63) is 0 Å². The number of hydrogen-bond acceptors (Lipinski definition) is 4. The Morgan fingerprint density at radius 2 is 2.20 bits per heavy atom. The summed E-state index contributed by atoms with van der Waals surface area (Å²) in [6, 6.07) is 0. The number of rotatable bonds is 4. The van der Waals surface area contributed by atoms with Crippen LogP contribution in [0.4, 0.5) is 0 Å². The first-order valence-electron chi connectivity index (χ1n) is 2.36. The van der Waals surface area contributed by atoms with Crippen molar-refractivity contribution in [2.45, 2.75) is 0 Å². The molecular weight excluding hydrogens is 156 g/mol. The minimum atomic E-state index is -3.70. The van der Waals surface area contributed by atoms with Crippen LogP contribution in [0.2, 0.25) is 0 Å². The number of carbonyl (C=O) groups is 1. The van der Waals surface area contributed by atoms with Gasteiger partial charge in [-0.15, -0.1) is 6.42 Å². The molecule has 0 aromatic heterocycles. The van der Waals surface area contributed by atoms with Crippen LogP contribution in [-0.4, -0.2) is 27.1 Å². The monoisotopic (exact) mass is 162 g/mol. The molecule has 0 fully saturated rings. The molecule has 0 aliphatic carbocycles. The van der Waals surface area contributed by atoms with Gasteiger partial charge in [-0.1, -0.05) is 5.92 Å². The third kappa shape index (κ3) is 4.06. The maximum absolute atomic E-state index is 10.4. The SMILES string of the molecule is C#CCOS(=O)(=O)CC=O. The smallest absolute Gasteiger partial charge is 0.275 e. The van der Waals surface area contributed by atoms with Crippen LogP contribution in [0.3, 0.4) is 0 Å². The molecule has 0 atom stereocenters. The lowest BCUT2D eigenvalue weighted by Crippen LogP contribution is -2.11. The van der Waals surface area contributed by atoms with Crippen LogP contribution < -0.4 is 0 Å². The molecule has 0 N–H and O–H groups in total. The van der Waals surface area contributed by atoms with Gasteiger partial charge in [-0.3, -0.25) is 4.18 Å². The number of hydrogen-bond donors (Lipinski definition) is 0. The fourth-order valence-corrected chi connectivity index (χ4v) is 0.766. The summed E-state index contributed by atoms with van der Waals surface area (Å²) in [6.07, 6.45) is 4.95. The van der Waals surface area contributed by atoms with Gasteiger partial charge in [0.2, 0.25) is 0 Å². The van der Waals surface area contributed by atoms with E-state index in [1.807, 2.05) is 5.92 Å². The van der Waals surface area contributed by atoms with Crippen molar-refractivity contribution in [3.8, 4) is 12.3 Å². The van der Waals surface area contributed by atoms with E-state index in [4.69, 9.17) is 6.42 Å². The first kappa shape index (κ1) is 9.14. The van der Waals surface area contributed by atoms with Gasteiger partial charge in [0, 0.05) is 0 Å². The highest BCUT2D eigenvalue weighted by Gasteiger charge is 2.07. The maximum atomic E-state index is 10.4. The summed E-state index contributed by atoms with van der Waals surface area (Å²) in [6.45, 7) is -0.323. The minimum absolute atomic E-state index is 0.242. The lowest BCUT2D eigenvalue weighted by atomic mass is 10.8. The van der Waals surface area contributed by atoms with E-state index in [-0.39, 0.29) is 12.9 Å². The molecule has 5 heteroatoms. The van der Waals surface area contributed by atoms with Gasteiger partial charge < -0.3 is 4.79 Å². The van der Waals surface area contributed by atoms with Crippen molar-refractivity contribution < 1.29 is 17.4 Å². The molecule has 0 spiro atoms. The van der Waals surface area contributed by atoms with E-state index in [2.05, 4.69) is 4.18 Å². The highest BCUT2D eigenvalue weighted by atomic mass is 32.2. The molecule has 0 aromatic carbocycles. The van der Waals surface area contributed by atoms with Crippen LogP contribution in [-0.2, 0) is 19.1 Å². The topological polar surface area (TPSA) is 60.4 Å². The third-order valence-electron chi connectivity index (χ3n) is 0.594. The Balaban J connectivity index is 3.91. The average Bonchev–Trinajstić information content (AvgIpc) is 1.84. The van der Waals surface area contributed by atoms with Crippen LogP contribution in [0.15, 0.2) is 0 Å². The summed E-state index contributed by atoms with van der Waals surface area (Å²) in [5.74, 6) is 1.32. The van der Waals surface area contributed by atoms with Gasteiger partial charge in [0.15, 0.2) is 0 Å². The summed E-state index contributed by atoms with van der Waals surface area (Å²) in [5, 5.41) is 0. The van der Waals surface area contributed by atoms with Crippen LogP contribution >= 0.6 is 0 Å². The summed E-state index contributed by atoms with van der Waals surface area (Å²) < 4.78 is 25.0. The van der Waals surface area contributed by atoms with Crippen LogP contribution in [0.5, 0.6) is 0 Å². The number of aldehydes is 1. The molecule has 0 rings (SSSR count). The Bertz CT molecular complexity index is 233. The van der Waals surface area contributed by atoms with Crippen molar-refractivity contribution in [1.82, 2.24) is 0 Å². The van der Waals surface area contributed by atoms with Crippen molar-refractivity contribution in [1.29, 1.82) is 0 Å². The van der Waals surface area contributed by atoms with Crippen LogP contribution in [0, 0.1) is 12.3 Å². The third-order valence-corrected chi connectivity index (χ3v) is 1.62. The Morgan fingerprint density at radius 3 is 2.60 bits per heavy atom. The van der Waals surface area contributed by atoms with Crippen molar-refractivity contribution in [2.75, 3.05) is 12.4 Å². The summed E-state index contributed by atoms with van der Waals surface area (Å²) in [7, 11) is -3.70. The molecular formula is C5H6O4S. The Morgan fingerprint density at radius 1 is 1.60 bits per heavy atom.